The standard InChI is InChI=1S/C18H23FN2O2/c1-18(2,3)16-10-20-17(23-16)12-21-8-9-22-15(11-21)13-4-6-14(19)7-5-13/h4-7,10,15H,8-9,11-12H2,1-3H3. The van der Waals surface area contributed by atoms with Crippen molar-refractivity contribution in [2.24, 2.45) is 0 Å². The number of nitrogens with zero attached hydrogens (tertiary/aromatic N) is 2. The Kier molecular flexibility index (Phi) is 4.50. The third-order valence-corrected chi connectivity index (χ3v) is 4.04. The van der Waals surface area contributed by atoms with Crippen LogP contribution in [0.4, 0.5) is 4.39 Å². The lowest BCUT2D eigenvalue weighted by atomic mass is 9.94. The van der Waals surface area contributed by atoms with Crippen LogP contribution in [0.2, 0.25) is 0 Å². The maximum atomic E-state index is 13.0. The van der Waals surface area contributed by atoms with E-state index < -0.39 is 0 Å². The van der Waals surface area contributed by atoms with Gasteiger partial charge in [-0.05, 0) is 17.7 Å². The summed E-state index contributed by atoms with van der Waals surface area (Å²) in [5.74, 6) is 1.40. The van der Waals surface area contributed by atoms with Crippen LogP contribution in [-0.4, -0.2) is 29.6 Å². The number of halogens is 1. The van der Waals surface area contributed by atoms with Crippen LogP contribution in [0.15, 0.2) is 34.9 Å². The zero-order valence-corrected chi connectivity index (χ0v) is 13.9. The van der Waals surface area contributed by atoms with Crippen molar-refractivity contribution in [1.29, 1.82) is 0 Å². The quantitative estimate of drug-likeness (QED) is 0.865. The molecule has 0 radical (unpaired) electrons. The normalized spacial score (nSPS) is 19.9. The summed E-state index contributed by atoms with van der Waals surface area (Å²) in [4.78, 5) is 6.65. The van der Waals surface area contributed by atoms with Crippen LogP contribution >= 0.6 is 0 Å². The lowest BCUT2D eigenvalue weighted by Crippen LogP contribution is -2.37. The highest BCUT2D eigenvalue weighted by Gasteiger charge is 2.24. The van der Waals surface area contributed by atoms with Crippen LogP contribution in [0.25, 0.3) is 0 Å². The summed E-state index contributed by atoms with van der Waals surface area (Å²) in [6.45, 7) is 9.22. The smallest absolute Gasteiger partial charge is 0.208 e. The molecule has 1 saturated heterocycles. The first-order chi connectivity index (χ1) is 10.9. The first-order valence-electron chi connectivity index (χ1n) is 7.96. The van der Waals surface area contributed by atoms with Crippen LogP contribution in [0.1, 0.15) is 44.1 Å². The molecule has 1 aliphatic heterocycles. The van der Waals surface area contributed by atoms with E-state index in [1.165, 1.54) is 12.1 Å². The number of hydrogen-bond donors (Lipinski definition) is 0. The van der Waals surface area contributed by atoms with Crippen molar-refractivity contribution >= 4 is 0 Å². The first kappa shape index (κ1) is 16.1. The van der Waals surface area contributed by atoms with Crippen molar-refractivity contribution in [2.75, 3.05) is 19.7 Å². The monoisotopic (exact) mass is 318 g/mol. The average Bonchev–Trinajstić information content (AvgIpc) is 2.97. The predicted molar refractivity (Wildman–Crippen MR) is 85.6 cm³/mol. The van der Waals surface area contributed by atoms with E-state index in [1.54, 1.807) is 12.1 Å². The molecule has 1 unspecified atom stereocenters. The molecule has 0 N–H and O–H groups in total. The molecule has 23 heavy (non-hydrogen) atoms. The van der Waals surface area contributed by atoms with Crippen LogP contribution in [0.3, 0.4) is 0 Å². The lowest BCUT2D eigenvalue weighted by Gasteiger charge is -2.32. The Morgan fingerprint density at radius 2 is 2.00 bits per heavy atom. The Morgan fingerprint density at radius 3 is 2.65 bits per heavy atom. The molecular formula is C18H23FN2O2. The minimum atomic E-state index is -0.226. The fourth-order valence-electron chi connectivity index (χ4n) is 2.65. The SMILES string of the molecule is CC(C)(C)c1cnc(CN2CCOC(c3ccc(F)cc3)C2)o1. The van der Waals surface area contributed by atoms with Gasteiger partial charge in [-0.2, -0.15) is 0 Å². The van der Waals surface area contributed by atoms with Gasteiger partial charge in [-0.25, -0.2) is 9.37 Å². The second-order valence-corrected chi connectivity index (χ2v) is 7.01. The number of benzene rings is 1. The van der Waals surface area contributed by atoms with Gasteiger partial charge in [0.2, 0.25) is 5.89 Å². The molecule has 2 aromatic rings. The number of hydrogen-bond acceptors (Lipinski definition) is 4. The average molecular weight is 318 g/mol. The fourth-order valence-corrected chi connectivity index (χ4v) is 2.65. The van der Waals surface area contributed by atoms with Gasteiger partial charge in [-0.15, -0.1) is 0 Å². The summed E-state index contributed by atoms with van der Waals surface area (Å²) in [7, 11) is 0. The number of aromatic nitrogens is 1. The largest absolute Gasteiger partial charge is 0.444 e. The Labute approximate surface area is 136 Å². The highest BCUT2D eigenvalue weighted by atomic mass is 19.1. The van der Waals surface area contributed by atoms with E-state index in [2.05, 4.69) is 30.7 Å². The molecule has 1 aliphatic rings. The summed E-state index contributed by atoms with van der Waals surface area (Å²) in [5, 5.41) is 0. The number of rotatable bonds is 3. The van der Waals surface area contributed by atoms with Crippen LogP contribution in [0.5, 0.6) is 0 Å². The van der Waals surface area contributed by atoms with Crippen LogP contribution in [-0.2, 0) is 16.7 Å². The summed E-state index contributed by atoms with van der Waals surface area (Å²) in [6.07, 6.45) is 1.77. The van der Waals surface area contributed by atoms with Gasteiger partial charge in [0.05, 0.1) is 25.5 Å². The summed E-state index contributed by atoms with van der Waals surface area (Å²) < 4.78 is 24.7. The molecule has 5 heteroatoms. The molecule has 124 valence electrons. The molecule has 0 amide bonds. The van der Waals surface area contributed by atoms with E-state index in [0.29, 0.717) is 13.2 Å². The lowest BCUT2D eigenvalue weighted by molar-refractivity contribution is -0.0353. The number of ether oxygens (including phenoxy) is 1. The maximum Gasteiger partial charge on any atom is 0.208 e. The van der Waals surface area contributed by atoms with Crippen molar-refractivity contribution in [3.63, 3.8) is 0 Å². The van der Waals surface area contributed by atoms with Crippen molar-refractivity contribution < 1.29 is 13.5 Å². The zero-order chi connectivity index (χ0) is 16.4. The summed E-state index contributed by atoms with van der Waals surface area (Å²) in [5.41, 5.74) is 0.964. The molecular weight excluding hydrogens is 295 g/mol. The summed E-state index contributed by atoms with van der Waals surface area (Å²) in [6, 6.07) is 6.52. The van der Waals surface area contributed by atoms with Gasteiger partial charge >= 0.3 is 0 Å². The zero-order valence-electron chi connectivity index (χ0n) is 13.9. The fraction of sp³-hybridized carbons (Fsp3) is 0.500. The number of morpholine rings is 1. The highest BCUT2D eigenvalue weighted by molar-refractivity contribution is 5.19. The summed E-state index contributed by atoms with van der Waals surface area (Å²) >= 11 is 0. The Morgan fingerprint density at radius 1 is 1.26 bits per heavy atom. The van der Waals surface area contributed by atoms with Crippen molar-refractivity contribution in [3.05, 3.63) is 53.5 Å². The third kappa shape index (κ3) is 3.98. The second kappa shape index (κ2) is 6.42. The molecule has 0 aliphatic carbocycles. The third-order valence-electron chi connectivity index (χ3n) is 4.04. The minimum Gasteiger partial charge on any atom is -0.444 e. The van der Waals surface area contributed by atoms with Gasteiger partial charge < -0.3 is 9.15 Å². The van der Waals surface area contributed by atoms with Gasteiger partial charge in [0.25, 0.3) is 0 Å². The molecule has 0 saturated carbocycles. The predicted octanol–water partition coefficient (Wildman–Crippen LogP) is 3.68. The Balaban J connectivity index is 1.64. The highest BCUT2D eigenvalue weighted by Crippen LogP contribution is 2.25. The van der Waals surface area contributed by atoms with Crippen LogP contribution in [0, 0.1) is 5.82 Å². The molecule has 3 rings (SSSR count). The van der Waals surface area contributed by atoms with Gasteiger partial charge in [0, 0.05) is 18.5 Å². The van der Waals surface area contributed by atoms with Crippen molar-refractivity contribution in [3.8, 4) is 0 Å². The van der Waals surface area contributed by atoms with E-state index in [1.807, 2.05) is 6.20 Å². The molecule has 1 aromatic heterocycles. The Hall–Kier alpha value is -1.72. The second-order valence-electron chi connectivity index (χ2n) is 7.01. The van der Waals surface area contributed by atoms with Crippen LogP contribution < -0.4 is 0 Å². The van der Waals surface area contributed by atoms with Crippen molar-refractivity contribution in [1.82, 2.24) is 9.88 Å². The maximum absolute atomic E-state index is 13.0. The molecule has 1 atom stereocenters. The molecule has 1 aromatic carbocycles. The molecule has 0 spiro atoms. The Bertz CT molecular complexity index is 646. The molecule has 0 bridgehead atoms. The van der Waals surface area contributed by atoms with E-state index in [0.717, 1.165) is 30.3 Å². The van der Waals surface area contributed by atoms with E-state index >= 15 is 0 Å². The molecule has 1 fully saturated rings. The van der Waals surface area contributed by atoms with Gasteiger partial charge in [0.1, 0.15) is 11.6 Å². The van der Waals surface area contributed by atoms with E-state index in [9.17, 15) is 4.39 Å². The van der Waals surface area contributed by atoms with E-state index in [-0.39, 0.29) is 17.3 Å². The topological polar surface area (TPSA) is 38.5 Å². The first-order valence-corrected chi connectivity index (χ1v) is 7.96. The van der Waals surface area contributed by atoms with Gasteiger partial charge in [0.15, 0.2) is 0 Å². The van der Waals surface area contributed by atoms with Crippen molar-refractivity contribution in [2.45, 2.75) is 38.8 Å². The molecule has 4 nitrogen and oxygen atoms in total. The van der Waals surface area contributed by atoms with E-state index in [4.69, 9.17) is 9.15 Å². The minimum absolute atomic E-state index is 0.0348. The van der Waals surface area contributed by atoms with Gasteiger partial charge in [-0.3, -0.25) is 4.90 Å². The van der Waals surface area contributed by atoms with Gasteiger partial charge in [-0.1, -0.05) is 32.9 Å². The number of oxazole rings is 1. The molecule has 2 heterocycles.